The molecule has 162 valence electrons. The molecule has 1 aliphatic heterocycles. The van der Waals surface area contributed by atoms with Gasteiger partial charge in [0.15, 0.2) is 0 Å². The summed E-state index contributed by atoms with van der Waals surface area (Å²) in [4.78, 5) is 24.3. The van der Waals surface area contributed by atoms with Gasteiger partial charge in [-0.05, 0) is 57.2 Å². The number of nitrogens with one attached hydrogen (secondary N) is 1. The molecule has 5 rings (SSSR count). The molecule has 0 spiro atoms. The van der Waals surface area contributed by atoms with Crippen LogP contribution in [0.4, 0.5) is 10.2 Å². The van der Waals surface area contributed by atoms with E-state index in [4.69, 9.17) is 4.42 Å². The van der Waals surface area contributed by atoms with E-state index in [1.165, 1.54) is 18.5 Å². The van der Waals surface area contributed by atoms with Crippen LogP contribution < -0.4 is 5.32 Å². The highest BCUT2D eigenvalue weighted by molar-refractivity contribution is 6.10. The van der Waals surface area contributed by atoms with E-state index in [1.807, 2.05) is 24.0 Å². The van der Waals surface area contributed by atoms with Crippen LogP contribution in [-0.2, 0) is 0 Å². The van der Waals surface area contributed by atoms with Crippen LogP contribution in [0, 0.1) is 12.7 Å². The second kappa shape index (κ2) is 7.62. The monoisotopic (exact) mass is 422 g/mol. The molecular weight excluding hydrogens is 395 g/mol. The van der Waals surface area contributed by atoms with Gasteiger partial charge >= 0.3 is 0 Å². The lowest BCUT2D eigenvalue weighted by molar-refractivity contribution is 0.0754. The molecule has 2 fully saturated rings. The van der Waals surface area contributed by atoms with E-state index in [-0.39, 0.29) is 23.2 Å². The van der Waals surface area contributed by atoms with Crippen LogP contribution in [-0.4, -0.2) is 39.4 Å². The number of aromatic nitrogens is 2. The van der Waals surface area contributed by atoms with Gasteiger partial charge in [-0.15, -0.1) is 0 Å². The summed E-state index contributed by atoms with van der Waals surface area (Å²) in [5.41, 5.74) is 2.07. The van der Waals surface area contributed by atoms with Crippen molar-refractivity contribution in [2.75, 3.05) is 18.4 Å². The van der Waals surface area contributed by atoms with E-state index in [0.29, 0.717) is 41.3 Å². The van der Waals surface area contributed by atoms with Crippen molar-refractivity contribution in [3.63, 3.8) is 0 Å². The molecule has 1 saturated carbocycles. The summed E-state index contributed by atoms with van der Waals surface area (Å²) < 4.78 is 19.2. The second-order valence-corrected chi connectivity index (χ2v) is 9.12. The van der Waals surface area contributed by atoms with Crippen LogP contribution in [0.15, 0.2) is 35.0 Å². The largest absolute Gasteiger partial charge is 0.442 e. The fraction of sp³-hybridized carbons (Fsp3) is 0.458. The number of furan rings is 1. The zero-order valence-corrected chi connectivity index (χ0v) is 17.9. The normalized spacial score (nSPS) is 20.5. The molecule has 2 aromatic heterocycles. The van der Waals surface area contributed by atoms with E-state index in [2.05, 4.69) is 22.2 Å². The van der Waals surface area contributed by atoms with Crippen molar-refractivity contribution >= 4 is 22.8 Å². The predicted octanol–water partition coefficient (Wildman–Crippen LogP) is 5.04. The molecule has 1 aromatic carbocycles. The van der Waals surface area contributed by atoms with Crippen molar-refractivity contribution in [3.8, 4) is 0 Å². The molecule has 6 nitrogen and oxygen atoms in total. The maximum absolute atomic E-state index is 13.7. The Morgan fingerprint density at radius 1 is 1.23 bits per heavy atom. The molecule has 7 heteroatoms. The number of nitrogens with zero attached hydrogens (tertiary/aromatic N) is 3. The number of benzene rings is 1. The maximum atomic E-state index is 13.7. The Hall–Kier alpha value is -2.96. The number of anilines is 1. The number of rotatable bonds is 4. The zero-order valence-electron chi connectivity index (χ0n) is 17.9. The quantitative estimate of drug-likeness (QED) is 0.637. The number of amides is 1. The lowest BCUT2D eigenvalue weighted by Crippen LogP contribution is -2.34. The summed E-state index contributed by atoms with van der Waals surface area (Å²) >= 11 is 0. The summed E-state index contributed by atoms with van der Waals surface area (Å²) in [7, 11) is 0. The molecular formula is C24H27FN4O2. The van der Waals surface area contributed by atoms with Crippen molar-refractivity contribution in [1.29, 1.82) is 0 Å². The molecule has 0 radical (unpaired) electrons. The Morgan fingerprint density at radius 3 is 2.74 bits per heavy atom. The molecule has 1 unspecified atom stereocenters. The third-order valence-corrected chi connectivity index (χ3v) is 6.60. The highest BCUT2D eigenvalue weighted by atomic mass is 19.1. The SMILES string of the molecule is Cc1oc2ncnc(NC3(C)CC3)c2c1C(=O)N1CCCCC(c2ccc(F)cc2)C1. The predicted molar refractivity (Wildman–Crippen MR) is 117 cm³/mol. The first-order chi connectivity index (χ1) is 14.9. The van der Waals surface area contributed by atoms with Gasteiger partial charge in [0, 0.05) is 24.5 Å². The summed E-state index contributed by atoms with van der Waals surface area (Å²) in [6, 6.07) is 6.65. The lowest BCUT2D eigenvalue weighted by Gasteiger charge is -2.25. The number of halogens is 1. The molecule has 2 aliphatic rings. The van der Waals surface area contributed by atoms with Gasteiger partial charge in [-0.1, -0.05) is 18.6 Å². The van der Waals surface area contributed by atoms with E-state index >= 15 is 0 Å². The van der Waals surface area contributed by atoms with E-state index in [9.17, 15) is 9.18 Å². The fourth-order valence-corrected chi connectivity index (χ4v) is 4.49. The van der Waals surface area contributed by atoms with Crippen LogP contribution in [0.25, 0.3) is 11.1 Å². The Kier molecular flexibility index (Phi) is 4.91. The Bertz CT molecular complexity index is 1120. The van der Waals surface area contributed by atoms with Gasteiger partial charge in [-0.3, -0.25) is 4.79 Å². The minimum absolute atomic E-state index is 0.0169. The lowest BCUT2D eigenvalue weighted by atomic mass is 9.94. The van der Waals surface area contributed by atoms with Gasteiger partial charge in [0.25, 0.3) is 5.91 Å². The maximum Gasteiger partial charge on any atom is 0.258 e. The minimum atomic E-state index is -0.241. The van der Waals surface area contributed by atoms with Crippen LogP contribution in [0.2, 0.25) is 0 Å². The topological polar surface area (TPSA) is 71.3 Å². The van der Waals surface area contributed by atoms with Crippen LogP contribution in [0.1, 0.15) is 66.6 Å². The molecule has 1 saturated heterocycles. The van der Waals surface area contributed by atoms with E-state index in [0.717, 1.165) is 37.7 Å². The summed E-state index contributed by atoms with van der Waals surface area (Å²) in [6.07, 6.45) is 6.58. The van der Waals surface area contributed by atoms with Crippen molar-refractivity contribution < 1.29 is 13.6 Å². The first kappa shape index (κ1) is 20.0. The molecule has 3 heterocycles. The summed E-state index contributed by atoms with van der Waals surface area (Å²) in [5, 5.41) is 4.15. The molecule has 0 bridgehead atoms. The molecule has 1 aliphatic carbocycles. The number of fused-ring (bicyclic) bond motifs is 1. The highest BCUT2D eigenvalue weighted by Crippen LogP contribution is 2.40. The molecule has 1 N–H and O–H groups in total. The van der Waals surface area contributed by atoms with Gasteiger partial charge in [0.2, 0.25) is 5.71 Å². The van der Waals surface area contributed by atoms with Gasteiger partial charge in [-0.2, -0.15) is 0 Å². The highest BCUT2D eigenvalue weighted by Gasteiger charge is 2.39. The third kappa shape index (κ3) is 3.89. The van der Waals surface area contributed by atoms with Crippen LogP contribution in [0.3, 0.4) is 0 Å². The van der Waals surface area contributed by atoms with Gasteiger partial charge in [-0.25, -0.2) is 14.4 Å². The average molecular weight is 423 g/mol. The van der Waals surface area contributed by atoms with E-state index in [1.54, 1.807) is 0 Å². The van der Waals surface area contributed by atoms with Gasteiger partial charge in [0.1, 0.15) is 23.7 Å². The number of carbonyl (C=O) groups is 1. The number of aryl methyl sites for hydroxylation is 1. The number of likely N-dealkylation sites (tertiary alicyclic amines) is 1. The smallest absolute Gasteiger partial charge is 0.258 e. The Morgan fingerprint density at radius 2 is 2.00 bits per heavy atom. The third-order valence-electron chi connectivity index (χ3n) is 6.60. The number of carbonyl (C=O) groups excluding carboxylic acids is 1. The van der Waals surface area contributed by atoms with Crippen molar-refractivity contribution in [1.82, 2.24) is 14.9 Å². The van der Waals surface area contributed by atoms with Crippen molar-refractivity contribution in [2.45, 2.75) is 57.4 Å². The zero-order chi connectivity index (χ0) is 21.6. The standard InChI is InChI=1S/C24H27FN4O2/c1-15-19(20-21(28-24(2)10-11-24)26-14-27-22(20)31-15)23(30)29-12-4-3-5-17(13-29)16-6-8-18(25)9-7-16/h6-9,14,17H,3-5,10-13H2,1-2H3,(H,26,27,28). The van der Waals surface area contributed by atoms with E-state index < -0.39 is 0 Å². The van der Waals surface area contributed by atoms with Gasteiger partial charge in [0.05, 0.1) is 10.9 Å². The number of hydrogen-bond donors (Lipinski definition) is 1. The first-order valence-corrected chi connectivity index (χ1v) is 11.0. The number of hydrogen-bond acceptors (Lipinski definition) is 5. The van der Waals surface area contributed by atoms with Gasteiger partial charge < -0.3 is 14.6 Å². The minimum Gasteiger partial charge on any atom is -0.442 e. The van der Waals surface area contributed by atoms with Crippen LogP contribution >= 0.6 is 0 Å². The summed E-state index contributed by atoms with van der Waals surface area (Å²) in [5.74, 6) is 1.12. The Balaban J connectivity index is 1.48. The Labute approximate surface area is 180 Å². The first-order valence-electron chi connectivity index (χ1n) is 11.0. The summed E-state index contributed by atoms with van der Waals surface area (Å²) in [6.45, 7) is 5.26. The second-order valence-electron chi connectivity index (χ2n) is 9.12. The molecule has 1 amide bonds. The molecule has 31 heavy (non-hydrogen) atoms. The van der Waals surface area contributed by atoms with Crippen LogP contribution in [0.5, 0.6) is 0 Å². The fourth-order valence-electron chi connectivity index (χ4n) is 4.49. The average Bonchev–Trinajstić information content (AvgIpc) is 3.44. The molecule has 3 aromatic rings. The van der Waals surface area contributed by atoms with Crippen molar-refractivity contribution in [3.05, 3.63) is 53.3 Å². The van der Waals surface area contributed by atoms with Crippen molar-refractivity contribution in [2.24, 2.45) is 0 Å². The molecule has 1 atom stereocenters.